The lowest BCUT2D eigenvalue weighted by Crippen LogP contribution is -2.12. The van der Waals surface area contributed by atoms with Crippen molar-refractivity contribution in [2.24, 2.45) is 0 Å². The van der Waals surface area contributed by atoms with E-state index in [-0.39, 0.29) is 0 Å². The zero-order valence-electron chi connectivity index (χ0n) is 10.0. The summed E-state index contributed by atoms with van der Waals surface area (Å²) in [5, 5.41) is 3.51. The van der Waals surface area contributed by atoms with Crippen molar-refractivity contribution in [2.45, 2.75) is 38.6 Å². The number of hydrogen-bond donors (Lipinski definition) is 1. The Balaban J connectivity index is 1.95. The van der Waals surface area contributed by atoms with E-state index in [4.69, 9.17) is 4.74 Å². The molecule has 0 unspecified atom stereocenters. The van der Waals surface area contributed by atoms with Crippen LogP contribution < -0.4 is 10.1 Å². The van der Waals surface area contributed by atoms with Gasteiger partial charge in [-0.1, -0.05) is 25.5 Å². The largest absolute Gasteiger partial charge is 0.494 e. The predicted octanol–water partition coefficient (Wildman–Crippen LogP) is 3.29. The summed E-state index contributed by atoms with van der Waals surface area (Å²) >= 11 is 0. The Hall–Kier alpha value is -1.02. The van der Waals surface area contributed by atoms with Gasteiger partial charge in [-0.15, -0.1) is 0 Å². The first kappa shape index (κ1) is 11.5. The second-order valence-corrected chi connectivity index (χ2v) is 4.42. The van der Waals surface area contributed by atoms with Gasteiger partial charge in [0.2, 0.25) is 0 Å². The molecule has 2 nitrogen and oxygen atoms in total. The van der Waals surface area contributed by atoms with E-state index in [2.05, 4.69) is 30.4 Å². The van der Waals surface area contributed by atoms with Crippen LogP contribution in [0.4, 0.5) is 0 Å². The molecule has 1 saturated heterocycles. The van der Waals surface area contributed by atoms with Crippen molar-refractivity contribution in [1.82, 2.24) is 5.32 Å². The van der Waals surface area contributed by atoms with Crippen molar-refractivity contribution in [3.05, 3.63) is 29.8 Å². The number of benzene rings is 1. The number of unbranched alkanes of at least 4 members (excludes halogenated alkanes) is 1. The maximum Gasteiger partial charge on any atom is 0.119 e. The molecule has 0 aromatic heterocycles. The van der Waals surface area contributed by atoms with E-state index in [1.54, 1.807) is 0 Å². The Bertz CT molecular complexity index is 318. The first-order chi connectivity index (χ1) is 7.90. The molecule has 2 heteroatoms. The van der Waals surface area contributed by atoms with Gasteiger partial charge in [-0.3, -0.25) is 0 Å². The summed E-state index contributed by atoms with van der Waals surface area (Å²) in [5.41, 5.74) is 1.37. The molecule has 0 saturated carbocycles. The highest BCUT2D eigenvalue weighted by molar-refractivity contribution is 5.31. The monoisotopic (exact) mass is 219 g/mol. The van der Waals surface area contributed by atoms with Crippen LogP contribution in [0.1, 0.15) is 44.2 Å². The van der Waals surface area contributed by atoms with Gasteiger partial charge in [0, 0.05) is 6.04 Å². The molecule has 0 spiro atoms. The zero-order chi connectivity index (χ0) is 11.2. The molecule has 1 aliphatic rings. The minimum absolute atomic E-state index is 0.537. The van der Waals surface area contributed by atoms with Crippen LogP contribution in [0.15, 0.2) is 24.3 Å². The van der Waals surface area contributed by atoms with Gasteiger partial charge in [-0.05, 0) is 43.5 Å². The second-order valence-electron chi connectivity index (χ2n) is 4.42. The lowest BCUT2D eigenvalue weighted by atomic mass is 10.1. The molecular formula is C14H21NO. The number of hydrogen-bond acceptors (Lipinski definition) is 2. The maximum absolute atomic E-state index is 5.72. The molecule has 1 atom stereocenters. The first-order valence-corrected chi connectivity index (χ1v) is 6.36. The third-order valence-electron chi connectivity index (χ3n) is 3.09. The minimum Gasteiger partial charge on any atom is -0.494 e. The Morgan fingerprint density at radius 2 is 2.38 bits per heavy atom. The van der Waals surface area contributed by atoms with Gasteiger partial charge in [-0.25, -0.2) is 0 Å². The molecule has 1 aromatic rings. The topological polar surface area (TPSA) is 21.3 Å². The lowest BCUT2D eigenvalue weighted by Gasteiger charge is -2.12. The van der Waals surface area contributed by atoms with Gasteiger partial charge in [0.1, 0.15) is 5.75 Å². The van der Waals surface area contributed by atoms with Crippen LogP contribution in [0, 0.1) is 0 Å². The first-order valence-electron chi connectivity index (χ1n) is 6.36. The average Bonchev–Trinajstić information content (AvgIpc) is 2.83. The standard InChI is InChI=1S/C14H21NO/c1-2-3-10-16-13-7-4-6-12(11-13)14-8-5-9-15-14/h4,6-7,11,14-15H,2-3,5,8-10H2,1H3/t14-/m1/s1. The minimum atomic E-state index is 0.537. The molecule has 1 aromatic carbocycles. The molecule has 0 radical (unpaired) electrons. The third-order valence-corrected chi connectivity index (χ3v) is 3.09. The molecule has 0 aliphatic carbocycles. The fourth-order valence-electron chi connectivity index (χ4n) is 2.12. The zero-order valence-corrected chi connectivity index (χ0v) is 10.0. The Morgan fingerprint density at radius 3 is 3.12 bits per heavy atom. The molecule has 1 aliphatic heterocycles. The van der Waals surface area contributed by atoms with Crippen LogP contribution in [0.25, 0.3) is 0 Å². The molecule has 1 N–H and O–H groups in total. The Labute approximate surface area is 98.0 Å². The summed E-state index contributed by atoms with van der Waals surface area (Å²) in [4.78, 5) is 0. The average molecular weight is 219 g/mol. The van der Waals surface area contributed by atoms with Gasteiger partial charge >= 0.3 is 0 Å². The van der Waals surface area contributed by atoms with E-state index in [1.165, 1.54) is 24.8 Å². The van der Waals surface area contributed by atoms with Crippen molar-refractivity contribution in [3.8, 4) is 5.75 Å². The fraction of sp³-hybridized carbons (Fsp3) is 0.571. The molecule has 16 heavy (non-hydrogen) atoms. The Kier molecular flexibility index (Phi) is 4.23. The third kappa shape index (κ3) is 2.99. The van der Waals surface area contributed by atoms with Crippen LogP contribution >= 0.6 is 0 Å². The summed E-state index contributed by atoms with van der Waals surface area (Å²) in [6.45, 7) is 4.16. The highest BCUT2D eigenvalue weighted by Gasteiger charge is 2.16. The molecule has 88 valence electrons. The molecule has 1 fully saturated rings. The van der Waals surface area contributed by atoms with E-state index < -0.39 is 0 Å². The summed E-state index contributed by atoms with van der Waals surface area (Å²) in [5.74, 6) is 1.01. The molecular weight excluding hydrogens is 198 g/mol. The van der Waals surface area contributed by atoms with Crippen LogP contribution in [-0.4, -0.2) is 13.2 Å². The van der Waals surface area contributed by atoms with Gasteiger partial charge in [0.25, 0.3) is 0 Å². The molecule has 1 heterocycles. The fourth-order valence-corrected chi connectivity index (χ4v) is 2.12. The van der Waals surface area contributed by atoms with Crippen LogP contribution in [-0.2, 0) is 0 Å². The van der Waals surface area contributed by atoms with Crippen molar-refractivity contribution in [2.75, 3.05) is 13.2 Å². The molecule has 2 rings (SSSR count). The summed E-state index contributed by atoms with van der Waals surface area (Å²) in [7, 11) is 0. The second kappa shape index (κ2) is 5.90. The van der Waals surface area contributed by atoms with E-state index >= 15 is 0 Å². The van der Waals surface area contributed by atoms with Gasteiger partial charge in [-0.2, -0.15) is 0 Å². The van der Waals surface area contributed by atoms with Crippen molar-refractivity contribution in [3.63, 3.8) is 0 Å². The smallest absolute Gasteiger partial charge is 0.119 e. The SMILES string of the molecule is CCCCOc1cccc([C@H]2CCCN2)c1. The van der Waals surface area contributed by atoms with Crippen molar-refractivity contribution in [1.29, 1.82) is 0 Å². The van der Waals surface area contributed by atoms with E-state index in [9.17, 15) is 0 Å². The number of ether oxygens (including phenoxy) is 1. The van der Waals surface area contributed by atoms with Crippen molar-refractivity contribution >= 4 is 0 Å². The van der Waals surface area contributed by atoms with Crippen LogP contribution in [0.2, 0.25) is 0 Å². The van der Waals surface area contributed by atoms with Crippen LogP contribution in [0.5, 0.6) is 5.75 Å². The Morgan fingerprint density at radius 1 is 1.44 bits per heavy atom. The predicted molar refractivity (Wildman–Crippen MR) is 66.8 cm³/mol. The van der Waals surface area contributed by atoms with Gasteiger partial charge < -0.3 is 10.1 Å². The van der Waals surface area contributed by atoms with Gasteiger partial charge in [0.05, 0.1) is 6.61 Å². The molecule has 0 amide bonds. The van der Waals surface area contributed by atoms with E-state index in [0.29, 0.717) is 6.04 Å². The summed E-state index contributed by atoms with van der Waals surface area (Å²) in [6.07, 6.45) is 4.85. The quantitative estimate of drug-likeness (QED) is 0.767. The van der Waals surface area contributed by atoms with E-state index in [1.807, 2.05) is 6.07 Å². The van der Waals surface area contributed by atoms with Crippen molar-refractivity contribution < 1.29 is 4.74 Å². The summed E-state index contributed by atoms with van der Waals surface area (Å²) in [6, 6.07) is 9.05. The number of nitrogens with one attached hydrogen (secondary N) is 1. The summed E-state index contributed by atoms with van der Waals surface area (Å²) < 4.78 is 5.72. The number of rotatable bonds is 5. The normalized spacial score (nSPS) is 19.9. The van der Waals surface area contributed by atoms with E-state index in [0.717, 1.165) is 25.3 Å². The lowest BCUT2D eigenvalue weighted by molar-refractivity contribution is 0.309. The molecule has 0 bridgehead atoms. The highest BCUT2D eigenvalue weighted by atomic mass is 16.5. The van der Waals surface area contributed by atoms with Gasteiger partial charge in [0.15, 0.2) is 0 Å². The highest BCUT2D eigenvalue weighted by Crippen LogP contribution is 2.25. The van der Waals surface area contributed by atoms with Crippen LogP contribution in [0.3, 0.4) is 0 Å². The maximum atomic E-state index is 5.72.